The molecule has 3 aromatic rings. The molecule has 0 spiro atoms. The third-order valence-electron chi connectivity index (χ3n) is 4.54. The van der Waals surface area contributed by atoms with Crippen LogP contribution in [-0.2, 0) is 5.41 Å². The molecule has 4 heteroatoms. The van der Waals surface area contributed by atoms with Gasteiger partial charge in [-0.1, -0.05) is 76.5 Å². The van der Waals surface area contributed by atoms with Gasteiger partial charge in [-0.3, -0.25) is 0 Å². The summed E-state index contributed by atoms with van der Waals surface area (Å²) >= 11 is 9.04. The van der Waals surface area contributed by atoms with Gasteiger partial charge >= 0.3 is 0 Å². The Morgan fingerprint density at radius 2 is 1.23 bits per heavy atom. The number of fused-ring (bicyclic) bond motifs is 2. The van der Waals surface area contributed by atoms with Crippen molar-refractivity contribution in [3.8, 4) is 0 Å². The molecular formula is C22H19Br2NS. The first-order valence-electron chi connectivity index (χ1n) is 8.50. The zero-order chi connectivity index (χ0) is 18.5. The number of hydrogen-bond donors (Lipinski definition) is 0. The monoisotopic (exact) mass is 487 g/mol. The van der Waals surface area contributed by atoms with E-state index in [1.54, 1.807) is 0 Å². The minimum atomic E-state index is 0.155. The molecule has 26 heavy (non-hydrogen) atoms. The molecule has 0 fully saturated rings. The van der Waals surface area contributed by atoms with Crippen LogP contribution in [0.1, 0.15) is 26.3 Å². The molecule has 0 aliphatic carbocycles. The van der Waals surface area contributed by atoms with E-state index in [0.717, 1.165) is 8.95 Å². The molecule has 0 N–H and O–H groups in total. The lowest BCUT2D eigenvalue weighted by Crippen LogP contribution is -2.16. The summed E-state index contributed by atoms with van der Waals surface area (Å²) in [5.41, 5.74) is 5.13. The summed E-state index contributed by atoms with van der Waals surface area (Å²) in [7, 11) is 0. The summed E-state index contributed by atoms with van der Waals surface area (Å²) in [6.45, 7) is 6.75. The molecule has 3 aromatic carbocycles. The third-order valence-corrected chi connectivity index (χ3v) is 6.62. The van der Waals surface area contributed by atoms with Crippen molar-refractivity contribution in [2.45, 2.75) is 36.0 Å². The van der Waals surface area contributed by atoms with E-state index in [0.29, 0.717) is 0 Å². The van der Waals surface area contributed by atoms with Crippen molar-refractivity contribution in [1.82, 2.24) is 0 Å². The molecule has 1 aliphatic heterocycles. The van der Waals surface area contributed by atoms with E-state index in [2.05, 4.69) is 118 Å². The van der Waals surface area contributed by atoms with Crippen LogP contribution in [0.25, 0.3) is 0 Å². The summed E-state index contributed by atoms with van der Waals surface area (Å²) < 4.78 is 2.20. The standard InChI is InChI=1S/C22H19Br2NS/c1-22(2,3)14-4-8-17(9-5-14)25-18-10-6-15(23)12-20(18)26-21-13-16(24)7-11-19(21)25/h4-13H,1-3H3. The Morgan fingerprint density at radius 3 is 1.69 bits per heavy atom. The molecule has 1 nitrogen and oxygen atoms in total. The van der Waals surface area contributed by atoms with E-state index >= 15 is 0 Å². The van der Waals surface area contributed by atoms with Crippen LogP contribution in [0.2, 0.25) is 0 Å². The smallest absolute Gasteiger partial charge is 0.0602 e. The van der Waals surface area contributed by atoms with Crippen LogP contribution >= 0.6 is 43.6 Å². The Kier molecular flexibility index (Phi) is 4.70. The lowest BCUT2D eigenvalue weighted by atomic mass is 9.87. The molecular weight excluding hydrogens is 470 g/mol. The van der Waals surface area contributed by atoms with Gasteiger partial charge < -0.3 is 4.90 Å². The van der Waals surface area contributed by atoms with Gasteiger partial charge in [0, 0.05) is 24.4 Å². The number of rotatable bonds is 1. The molecule has 1 heterocycles. The van der Waals surface area contributed by atoms with Crippen molar-refractivity contribution in [3.63, 3.8) is 0 Å². The van der Waals surface area contributed by atoms with Crippen molar-refractivity contribution < 1.29 is 0 Å². The van der Waals surface area contributed by atoms with Crippen LogP contribution in [-0.4, -0.2) is 0 Å². The van der Waals surface area contributed by atoms with Crippen molar-refractivity contribution in [2.75, 3.05) is 4.90 Å². The minimum absolute atomic E-state index is 0.155. The van der Waals surface area contributed by atoms with E-state index in [1.807, 2.05) is 11.8 Å². The topological polar surface area (TPSA) is 3.24 Å². The number of hydrogen-bond acceptors (Lipinski definition) is 2. The van der Waals surface area contributed by atoms with E-state index < -0.39 is 0 Å². The van der Waals surface area contributed by atoms with Crippen molar-refractivity contribution in [1.29, 1.82) is 0 Å². The highest BCUT2D eigenvalue weighted by atomic mass is 79.9. The molecule has 0 amide bonds. The molecule has 0 aromatic heterocycles. The van der Waals surface area contributed by atoms with Crippen LogP contribution in [0, 0.1) is 0 Å². The quantitative estimate of drug-likeness (QED) is 0.264. The van der Waals surface area contributed by atoms with Crippen LogP contribution in [0.5, 0.6) is 0 Å². The summed E-state index contributed by atoms with van der Waals surface area (Å²) in [4.78, 5) is 4.86. The summed E-state index contributed by atoms with van der Waals surface area (Å²) in [6, 6.07) is 21.9. The molecule has 0 unspecified atom stereocenters. The molecule has 0 radical (unpaired) electrons. The number of anilines is 3. The Bertz CT molecular complexity index is 923. The molecule has 4 rings (SSSR count). The molecule has 0 saturated carbocycles. The van der Waals surface area contributed by atoms with E-state index in [1.165, 1.54) is 32.4 Å². The minimum Gasteiger partial charge on any atom is -0.308 e. The summed E-state index contributed by atoms with van der Waals surface area (Å²) in [6.07, 6.45) is 0. The first kappa shape index (κ1) is 18.1. The second-order valence-electron chi connectivity index (χ2n) is 7.46. The number of halogens is 2. The highest BCUT2D eigenvalue weighted by molar-refractivity contribution is 9.10. The maximum atomic E-state index is 3.61. The predicted molar refractivity (Wildman–Crippen MR) is 119 cm³/mol. The third kappa shape index (κ3) is 3.35. The Labute approximate surface area is 176 Å². The lowest BCUT2D eigenvalue weighted by Gasteiger charge is -2.33. The Balaban J connectivity index is 1.88. The van der Waals surface area contributed by atoms with Gasteiger partial charge in [-0.05, 0) is 59.5 Å². The SMILES string of the molecule is CC(C)(C)c1ccc(N2c3ccc(Br)cc3Sc3cc(Br)ccc32)cc1. The summed E-state index contributed by atoms with van der Waals surface area (Å²) in [5.74, 6) is 0. The fourth-order valence-corrected chi connectivity index (χ4v) is 5.31. The van der Waals surface area contributed by atoms with Gasteiger partial charge in [0.05, 0.1) is 11.4 Å². The zero-order valence-electron chi connectivity index (χ0n) is 14.9. The number of nitrogens with zero attached hydrogens (tertiary/aromatic N) is 1. The molecule has 0 atom stereocenters. The largest absolute Gasteiger partial charge is 0.308 e. The van der Waals surface area contributed by atoms with Crippen molar-refractivity contribution in [3.05, 3.63) is 75.2 Å². The maximum absolute atomic E-state index is 3.61. The zero-order valence-corrected chi connectivity index (χ0v) is 18.9. The summed E-state index contributed by atoms with van der Waals surface area (Å²) in [5, 5.41) is 0. The van der Waals surface area contributed by atoms with Gasteiger partial charge in [0.25, 0.3) is 0 Å². The first-order chi connectivity index (χ1) is 12.3. The molecule has 1 aliphatic rings. The van der Waals surface area contributed by atoms with E-state index in [9.17, 15) is 0 Å². The highest BCUT2D eigenvalue weighted by Crippen LogP contribution is 2.52. The average molecular weight is 489 g/mol. The van der Waals surface area contributed by atoms with Crippen LogP contribution < -0.4 is 4.90 Å². The van der Waals surface area contributed by atoms with Crippen LogP contribution in [0.15, 0.2) is 79.4 Å². The van der Waals surface area contributed by atoms with Gasteiger partial charge in [-0.25, -0.2) is 0 Å². The van der Waals surface area contributed by atoms with Gasteiger partial charge in [-0.2, -0.15) is 0 Å². The lowest BCUT2D eigenvalue weighted by molar-refractivity contribution is 0.590. The maximum Gasteiger partial charge on any atom is 0.0602 e. The second-order valence-corrected chi connectivity index (χ2v) is 10.4. The van der Waals surface area contributed by atoms with Crippen molar-refractivity contribution >= 4 is 60.7 Å². The predicted octanol–water partition coefficient (Wildman–Crippen LogP) is 8.44. The van der Waals surface area contributed by atoms with Crippen LogP contribution in [0.3, 0.4) is 0 Å². The van der Waals surface area contributed by atoms with E-state index in [4.69, 9.17) is 0 Å². The van der Waals surface area contributed by atoms with Crippen molar-refractivity contribution in [2.24, 2.45) is 0 Å². The van der Waals surface area contributed by atoms with Gasteiger partial charge in [0.2, 0.25) is 0 Å². The number of benzene rings is 3. The Morgan fingerprint density at radius 1 is 0.731 bits per heavy atom. The van der Waals surface area contributed by atoms with E-state index in [-0.39, 0.29) is 5.41 Å². The van der Waals surface area contributed by atoms with Gasteiger partial charge in [0.15, 0.2) is 0 Å². The van der Waals surface area contributed by atoms with Crippen LogP contribution in [0.4, 0.5) is 17.1 Å². The average Bonchev–Trinajstić information content (AvgIpc) is 2.59. The molecule has 0 saturated heterocycles. The van der Waals surface area contributed by atoms with Gasteiger partial charge in [0.1, 0.15) is 0 Å². The second kappa shape index (κ2) is 6.74. The Hall–Kier alpha value is -1.23. The fraction of sp³-hybridized carbons (Fsp3) is 0.182. The fourth-order valence-electron chi connectivity index (χ4n) is 3.15. The molecule has 132 valence electrons. The normalized spacial score (nSPS) is 13.3. The van der Waals surface area contributed by atoms with Gasteiger partial charge in [-0.15, -0.1) is 0 Å². The highest BCUT2D eigenvalue weighted by Gasteiger charge is 2.25. The molecule has 0 bridgehead atoms. The first-order valence-corrected chi connectivity index (χ1v) is 10.9.